The van der Waals surface area contributed by atoms with Crippen LogP contribution >= 0.6 is 0 Å². The van der Waals surface area contributed by atoms with Crippen molar-refractivity contribution in [2.45, 2.75) is 353 Å². The molecule has 1 amide bonds. The number of unbranched alkanes of at least 4 members (excludes halogenated alkanes) is 43. The van der Waals surface area contributed by atoms with E-state index in [1.54, 1.807) is 6.08 Å². The maximum absolute atomic E-state index is 12.5. The van der Waals surface area contributed by atoms with Crippen LogP contribution in [0.5, 0.6) is 0 Å². The highest BCUT2D eigenvalue weighted by molar-refractivity contribution is 5.76. The second-order valence-corrected chi connectivity index (χ2v) is 22.1. The van der Waals surface area contributed by atoms with Gasteiger partial charge in [-0.25, -0.2) is 0 Å². The van der Waals surface area contributed by atoms with E-state index in [2.05, 4.69) is 55.6 Å². The van der Waals surface area contributed by atoms with E-state index in [-0.39, 0.29) is 18.5 Å². The highest BCUT2D eigenvalue weighted by Crippen LogP contribution is 2.17. The first kappa shape index (κ1) is 70.8. The Bertz CT molecular complexity index is 1230. The van der Waals surface area contributed by atoms with Gasteiger partial charge in [0.15, 0.2) is 0 Å². The van der Waals surface area contributed by atoms with Gasteiger partial charge in [-0.15, -0.1) is 0 Å². The minimum absolute atomic E-state index is 0.0387. The SMILES string of the molecule is CCCCCCCCC/C=C\CCCCCCCCCC(=O)OCC/C=C\C/C=C\CCCCCCCCCCCCCCCCC(=O)NC(CO)C(O)/C=C/CCCCCCCCCCCCCCCCC. The summed E-state index contributed by atoms with van der Waals surface area (Å²) in [5, 5.41) is 23.2. The summed E-state index contributed by atoms with van der Waals surface area (Å²) in [5.41, 5.74) is 0. The summed E-state index contributed by atoms with van der Waals surface area (Å²) in [7, 11) is 0. The van der Waals surface area contributed by atoms with Crippen LogP contribution in [0.2, 0.25) is 0 Å². The van der Waals surface area contributed by atoms with Crippen molar-refractivity contribution in [1.82, 2.24) is 5.32 Å². The Morgan fingerprint density at radius 3 is 1.05 bits per heavy atom. The number of hydrogen-bond donors (Lipinski definition) is 3. The Morgan fingerprint density at radius 1 is 0.384 bits per heavy atom. The lowest BCUT2D eigenvalue weighted by atomic mass is 10.0. The van der Waals surface area contributed by atoms with Gasteiger partial charge >= 0.3 is 5.97 Å². The van der Waals surface area contributed by atoms with Crippen molar-refractivity contribution in [1.29, 1.82) is 0 Å². The molecule has 6 heteroatoms. The molecule has 0 aromatic rings. The number of rotatable bonds is 60. The lowest BCUT2D eigenvalue weighted by Crippen LogP contribution is -2.45. The number of ether oxygens (including phenoxy) is 1. The Balaban J connectivity index is 3.47. The zero-order chi connectivity index (χ0) is 52.9. The Kier molecular flexibility index (Phi) is 60.5. The van der Waals surface area contributed by atoms with Crippen molar-refractivity contribution in [2.75, 3.05) is 13.2 Å². The third kappa shape index (κ3) is 58.9. The van der Waals surface area contributed by atoms with E-state index in [9.17, 15) is 19.8 Å². The molecular weight excluding hydrogens is 899 g/mol. The third-order valence-electron chi connectivity index (χ3n) is 14.8. The van der Waals surface area contributed by atoms with E-state index < -0.39 is 12.1 Å². The van der Waals surface area contributed by atoms with Gasteiger partial charge in [0.25, 0.3) is 0 Å². The van der Waals surface area contributed by atoms with Crippen molar-refractivity contribution in [3.05, 3.63) is 48.6 Å². The lowest BCUT2D eigenvalue weighted by molar-refractivity contribution is -0.143. The zero-order valence-corrected chi connectivity index (χ0v) is 48.9. The molecule has 0 aromatic heterocycles. The molecule has 0 aliphatic rings. The van der Waals surface area contributed by atoms with Crippen molar-refractivity contribution in [3.8, 4) is 0 Å². The lowest BCUT2D eigenvalue weighted by Gasteiger charge is -2.20. The molecule has 73 heavy (non-hydrogen) atoms. The molecule has 0 bridgehead atoms. The molecule has 0 saturated heterocycles. The van der Waals surface area contributed by atoms with Gasteiger partial charge in [-0.2, -0.15) is 0 Å². The number of aliphatic hydroxyl groups excluding tert-OH is 2. The summed E-state index contributed by atoms with van der Waals surface area (Å²) >= 11 is 0. The van der Waals surface area contributed by atoms with Gasteiger partial charge < -0.3 is 20.3 Å². The second kappa shape index (κ2) is 62.4. The third-order valence-corrected chi connectivity index (χ3v) is 14.8. The molecule has 2 atom stereocenters. The first-order valence-electron chi connectivity index (χ1n) is 32.4. The number of nitrogens with one attached hydrogen (secondary N) is 1. The molecule has 0 spiro atoms. The number of hydrogen-bond acceptors (Lipinski definition) is 5. The van der Waals surface area contributed by atoms with Crippen LogP contribution in [0.1, 0.15) is 341 Å². The number of amides is 1. The summed E-state index contributed by atoms with van der Waals surface area (Å²) in [4.78, 5) is 24.5. The topological polar surface area (TPSA) is 95.9 Å². The molecule has 0 radical (unpaired) electrons. The minimum atomic E-state index is -0.849. The van der Waals surface area contributed by atoms with E-state index in [0.29, 0.717) is 19.4 Å². The van der Waals surface area contributed by atoms with Crippen molar-refractivity contribution in [3.63, 3.8) is 0 Å². The maximum atomic E-state index is 12.5. The fraction of sp³-hybridized carbons (Fsp3) is 0.851. The summed E-state index contributed by atoms with van der Waals surface area (Å²) in [6.07, 6.45) is 80.3. The van der Waals surface area contributed by atoms with Crippen LogP contribution in [0.15, 0.2) is 48.6 Å². The number of aliphatic hydroxyl groups is 2. The van der Waals surface area contributed by atoms with E-state index in [0.717, 1.165) is 51.4 Å². The van der Waals surface area contributed by atoms with Gasteiger partial charge in [-0.3, -0.25) is 9.59 Å². The van der Waals surface area contributed by atoms with Crippen molar-refractivity contribution >= 4 is 11.9 Å². The van der Waals surface area contributed by atoms with E-state index in [1.165, 1.54) is 263 Å². The molecule has 0 heterocycles. The average molecular weight is 1020 g/mol. The van der Waals surface area contributed by atoms with Crippen LogP contribution in [-0.4, -0.2) is 47.4 Å². The number of allylic oxidation sites excluding steroid dienone is 6. The van der Waals surface area contributed by atoms with Gasteiger partial charge in [0.2, 0.25) is 5.91 Å². The second-order valence-electron chi connectivity index (χ2n) is 22.1. The van der Waals surface area contributed by atoms with E-state index >= 15 is 0 Å². The van der Waals surface area contributed by atoms with Crippen LogP contribution in [0, 0.1) is 0 Å². The smallest absolute Gasteiger partial charge is 0.305 e. The van der Waals surface area contributed by atoms with Gasteiger partial charge in [0.05, 0.1) is 25.4 Å². The summed E-state index contributed by atoms with van der Waals surface area (Å²) in [6.45, 7) is 4.81. The summed E-state index contributed by atoms with van der Waals surface area (Å²) in [6, 6.07) is -0.633. The fourth-order valence-electron chi connectivity index (χ4n) is 9.88. The zero-order valence-electron chi connectivity index (χ0n) is 48.9. The highest BCUT2D eigenvalue weighted by atomic mass is 16.5. The van der Waals surface area contributed by atoms with Crippen LogP contribution in [0.4, 0.5) is 0 Å². The number of esters is 1. The summed E-state index contributed by atoms with van der Waals surface area (Å²) in [5.74, 6) is -0.110. The average Bonchev–Trinajstić information content (AvgIpc) is 3.39. The molecule has 0 fully saturated rings. The molecular formula is C67H125NO5. The monoisotopic (exact) mass is 1020 g/mol. The molecule has 0 aliphatic heterocycles. The van der Waals surface area contributed by atoms with E-state index in [4.69, 9.17) is 4.74 Å². The van der Waals surface area contributed by atoms with Crippen LogP contribution in [-0.2, 0) is 14.3 Å². The molecule has 0 aliphatic carbocycles. The Hall–Kier alpha value is -2.18. The largest absolute Gasteiger partial charge is 0.465 e. The standard InChI is InChI=1S/C67H125NO5/c1-3-5-7-9-11-13-15-17-19-21-29-33-37-41-45-49-53-57-61-67(72)73-62-58-54-50-46-42-38-34-30-26-24-22-23-25-28-32-36-40-44-48-52-56-60-66(71)68-64(63-69)65(70)59-55-51-47-43-39-35-31-27-20-18-16-14-12-10-8-6-4-2/h19,21,38,42,50,54-55,59,64-65,69-70H,3-18,20,22-37,39-41,43-49,51-53,56-58,60-63H2,1-2H3,(H,68,71)/b21-19-,42-38-,54-50-,59-55+. The Labute approximate surface area is 455 Å². The van der Waals surface area contributed by atoms with Gasteiger partial charge in [-0.05, 0) is 77.0 Å². The molecule has 2 unspecified atom stereocenters. The normalized spacial score (nSPS) is 12.9. The molecule has 0 rings (SSSR count). The molecule has 3 N–H and O–H groups in total. The molecule has 0 saturated carbocycles. The maximum Gasteiger partial charge on any atom is 0.305 e. The quantitative estimate of drug-likeness (QED) is 0.0320. The molecule has 0 aromatic carbocycles. The van der Waals surface area contributed by atoms with Gasteiger partial charge in [0, 0.05) is 12.8 Å². The summed E-state index contributed by atoms with van der Waals surface area (Å²) < 4.78 is 5.43. The van der Waals surface area contributed by atoms with Crippen molar-refractivity contribution in [2.24, 2.45) is 0 Å². The number of carbonyl (C=O) groups is 2. The highest BCUT2D eigenvalue weighted by Gasteiger charge is 2.18. The first-order chi connectivity index (χ1) is 36.0. The van der Waals surface area contributed by atoms with Crippen LogP contribution in [0.25, 0.3) is 0 Å². The van der Waals surface area contributed by atoms with Crippen molar-refractivity contribution < 1.29 is 24.5 Å². The molecule has 6 nitrogen and oxygen atoms in total. The van der Waals surface area contributed by atoms with E-state index in [1.807, 2.05) is 6.08 Å². The minimum Gasteiger partial charge on any atom is -0.465 e. The van der Waals surface area contributed by atoms with Crippen LogP contribution < -0.4 is 5.32 Å². The van der Waals surface area contributed by atoms with Gasteiger partial charge in [-0.1, -0.05) is 300 Å². The molecule has 428 valence electrons. The van der Waals surface area contributed by atoms with Crippen LogP contribution in [0.3, 0.4) is 0 Å². The Morgan fingerprint density at radius 2 is 0.685 bits per heavy atom. The first-order valence-corrected chi connectivity index (χ1v) is 32.4. The fourth-order valence-corrected chi connectivity index (χ4v) is 9.88. The van der Waals surface area contributed by atoms with Gasteiger partial charge in [0.1, 0.15) is 0 Å². The predicted molar refractivity (Wildman–Crippen MR) is 319 cm³/mol. The number of carbonyl (C=O) groups excluding carboxylic acids is 2. The predicted octanol–water partition coefficient (Wildman–Crippen LogP) is 20.5.